The Labute approximate surface area is 92.0 Å². The SMILES string of the molecule is CCc1c(OC)cc(OC)cc1C(F)(F)F. The van der Waals surface area contributed by atoms with Gasteiger partial charge in [-0.05, 0) is 12.5 Å². The number of benzene rings is 1. The summed E-state index contributed by atoms with van der Waals surface area (Å²) in [5.41, 5.74) is -0.554. The molecule has 0 atom stereocenters. The van der Waals surface area contributed by atoms with E-state index < -0.39 is 11.7 Å². The number of ether oxygens (including phenoxy) is 2. The van der Waals surface area contributed by atoms with Crippen LogP contribution >= 0.6 is 0 Å². The van der Waals surface area contributed by atoms with Crippen molar-refractivity contribution < 1.29 is 22.6 Å². The number of alkyl halides is 3. The molecule has 0 unspecified atom stereocenters. The first kappa shape index (κ1) is 12.7. The van der Waals surface area contributed by atoms with Crippen LogP contribution in [0.2, 0.25) is 0 Å². The van der Waals surface area contributed by atoms with Crippen molar-refractivity contribution in [3.05, 3.63) is 23.3 Å². The van der Waals surface area contributed by atoms with Gasteiger partial charge in [0.05, 0.1) is 19.8 Å². The van der Waals surface area contributed by atoms with Gasteiger partial charge in [-0.1, -0.05) is 6.92 Å². The molecular weight excluding hydrogens is 221 g/mol. The van der Waals surface area contributed by atoms with Gasteiger partial charge in [-0.25, -0.2) is 0 Å². The number of hydrogen-bond acceptors (Lipinski definition) is 2. The fraction of sp³-hybridized carbons (Fsp3) is 0.455. The number of halogens is 3. The van der Waals surface area contributed by atoms with Crippen molar-refractivity contribution in [2.75, 3.05) is 14.2 Å². The average molecular weight is 234 g/mol. The molecule has 1 aromatic carbocycles. The van der Waals surface area contributed by atoms with Crippen molar-refractivity contribution in [2.45, 2.75) is 19.5 Å². The molecule has 90 valence electrons. The fourth-order valence-corrected chi connectivity index (χ4v) is 1.54. The van der Waals surface area contributed by atoms with Crippen molar-refractivity contribution in [3.63, 3.8) is 0 Å². The van der Waals surface area contributed by atoms with Crippen LogP contribution < -0.4 is 9.47 Å². The molecule has 0 aliphatic carbocycles. The summed E-state index contributed by atoms with van der Waals surface area (Å²) >= 11 is 0. The molecule has 0 aliphatic rings. The Balaban J connectivity index is 3.43. The van der Waals surface area contributed by atoms with Crippen molar-refractivity contribution in [3.8, 4) is 11.5 Å². The highest BCUT2D eigenvalue weighted by atomic mass is 19.4. The monoisotopic (exact) mass is 234 g/mol. The van der Waals surface area contributed by atoms with Gasteiger partial charge in [-0.3, -0.25) is 0 Å². The minimum Gasteiger partial charge on any atom is -0.497 e. The van der Waals surface area contributed by atoms with E-state index >= 15 is 0 Å². The fourth-order valence-electron chi connectivity index (χ4n) is 1.54. The predicted octanol–water partition coefficient (Wildman–Crippen LogP) is 3.29. The van der Waals surface area contributed by atoms with Gasteiger partial charge in [-0.15, -0.1) is 0 Å². The molecule has 1 aromatic rings. The van der Waals surface area contributed by atoms with E-state index in [0.29, 0.717) is 0 Å². The van der Waals surface area contributed by atoms with Crippen LogP contribution in [0.1, 0.15) is 18.1 Å². The normalized spacial score (nSPS) is 11.4. The average Bonchev–Trinajstić information content (AvgIpc) is 2.25. The standard InChI is InChI=1S/C11H13F3O2/c1-4-8-9(11(12,13)14)5-7(15-2)6-10(8)16-3/h5-6H,4H2,1-3H3. The zero-order valence-corrected chi connectivity index (χ0v) is 9.31. The van der Waals surface area contributed by atoms with E-state index in [1.54, 1.807) is 6.92 Å². The molecule has 1 rings (SSSR count). The second kappa shape index (κ2) is 4.63. The van der Waals surface area contributed by atoms with E-state index in [9.17, 15) is 13.2 Å². The molecule has 0 saturated heterocycles. The zero-order chi connectivity index (χ0) is 12.3. The maximum atomic E-state index is 12.8. The molecule has 0 saturated carbocycles. The summed E-state index contributed by atoms with van der Waals surface area (Å²) in [5.74, 6) is 0.343. The first-order chi connectivity index (χ1) is 7.43. The maximum absolute atomic E-state index is 12.8. The van der Waals surface area contributed by atoms with Gasteiger partial charge < -0.3 is 9.47 Å². The van der Waals surface area contributed by atoms with Crippen LogP contribution in [-0.2, 0) is 12.6 Å². The van der Waals surface area contributed by atoms with Gasteiger partial charge in [0.15, 0.2) is 0 Å². The summed E-state index contributed by atoms with van der Waals surface area (Å²) in [6, 6.07) is 2.44. The topological polar surface area (TPSA) is 18.5 Å². The summed E-state index contributed by atoms with van der Waals surface area (Å²) in [6.07, 6.45) is -4.14. The van der Waals surface area contributed by atoms with Gasteiger partial charge in [0.2, 0.25) is 0 Å². The van der Waals surface area contributed by atoms with E-state index in [1.165, 1.54) is 20.3 Å². The molecule has 0 bridgehead atoms. The van der Waals surface area contributed by atoms with E-state index in [-0.39, 0.29) is 23.5 Å². The molecule has 0 heterocycles. The third-order valence-corrected chi connectivity index (χ3v) is 2.30. The molecule has 0 amide bonds. The Morgan fingerprint density at radius 2 is 1.75 bits per heavy atom. The van der Waals surface area contributed by atoms with Gasteiger partial charge in [0, 0.05) is 11.6 Å². The number of hydrogen-bond donors (Lipinski definition) is 0. The first-order valence-corrected chi connectivity index (χ1v) is 4.76. The van der Waals surface area contributed by atoms with Crippen molar-refractivity contribution in [1.29, 1.82) is 0 Å². The molecule has 0 radical (unpaired) electrons. The Hall–Kier alpha value is -1.39. The van der Waals surface area contributed by atoms with Crippen LogP contribution in [0.15, 0.2) is 12.1 Å². The molecule has 5 heteroatoms. The molecule has 2 nitrogen and oxygen atoms in total. The lowest BCUT2D eigenvalue weighted by Gasteiger charge is -2.16. The molecule has 0 aromatic heterocycles. The third-order valence-electron chi connectivity index (χ3n) is 2.30. The second-order valence-corrected chi connectivity index (χ2v) is 3.21. The summed E-state index contributed by atoms with van der Waals surface area (Å²) in [5, 5.41) is 0. The minimum absolute atomic E-state index is 0.140. The maximum Gasteiger partial charge on any atom is 0.416 e. The first-order valence-electron chi connectivity index (χ1n) is 4.76. The summed E-state index contributed by atoms with van der Waals surface area (Å²) in [4.78, 5) is 0. The Morgan fingerprint density at radius 1 is 1.12 bits per heavy atom. The van der Waals surface area contributed by atoms with Crippen LogP contribution in [-0.4, -0.2) is 14.2 Å². The minimum atomic E-state index is -4.40. The zero-order valence-electron chi connectivity index (χ0n) is 9.31. The van der Waals surface area contributed by atoms with Gasteiger partial charge in [-0.2, -0.15) is 13.2 Å². The van der Waals surface area contributed by atoms with Gasteiger partial charge in [0.25, 0.3) is 0 Å². The molecule has 0 spiro atoms. The quantitative estimate of drug-likeness (QED) is 0.799. The van der Waals surface area contributed by atoms with Crippen LogP contribution in [0, 0.1) is 0 Å². The van der Waals surface area contributed by atoms with Crippen molar-refractivity contribution in [1.82, 2.24) is 0 Å². The molecule has 0 fully saturated rings. The lowest BCUT2D eigenvalue weighted by molar-refractivity contribution is -0.138. The Morgan fingerprint density at radius 3 is 2.12 bits per heavy atom. The Bertz CT molecular complexity index is 372. The van der Waals surface area contributed by atoms with Crippen molar-refractivity contribution in [2.24, 2.45) is 0 Å². The molecule has 0 aliphatic heterocycles. The van der Waals surface area contributed by atoms with Gasteiger partial charge >= 0.3 is 6.18 Å². The number of rotatable bonds is 3. The van der Waals surface area contributed by atoms with E-state index in [0.717, 1.165) is 6.07 Å². The van der Waals surface area contributed by atoms with E-state index in [2.05, 4.69) is 0 Å². The summed E-state index contributed by atoms with van der Waals surface area (Å²) < 4.78 is 48.0. The lowest BCUT2D eigenvalue weighted by Crippen LogP contribution is -2.10. The molecular formula is C11H13F3O2. The molecule has 0 N–H and O–H groups in total. The third kappa shape index (κ3) is 2.40. The predicted molar refractivity (Wildman–Crippen MR) is 53.9 cm³/mol. The Kier molecular flexibility index (Phi) is 3.67. The van der Waals surface area contributed by atoms with E-state index in [4.69, 9.17) is 9.47 Å². The highest BCUT2D eigenvalue weighted by molar-refractivity contribution is 5.48. The van der Waals surface area contributed by atoms with Crippen LogP contribution in [0.3, 0.4) is 0 Å². The lowest BCUT2D eigenvalue weighted by atomic mass is 10.0. The smallest absolute Gasteiger partial charge is 0.416 e. The van der Waals surface area contributed by atoms with Crippen LogP contribution in [0.25, 0.3) is 0 Å². The number of methoxy groups -OCH3 is 2. The van der Waals surface area contributed by atoms with Crippen molar-refractivity contribution >= 4 is 0 Å². The van der Waals surface area contributed by atoms with Crippen LogP contribution in [0.4, 0.5) is 13.2 Å². The highest BCUT2D eigenvalue weighted by Gasteiger charge is 2.35. The summed E-state index contributed by atoms with van der Waals surface area (Å²) in [7, 11) is 2.66. The summed E-state index contributed by atoms with van der Waals surface area (Å²) in [6.45, 7) is 1.65. The molecule has 16 heavy (non-hydrogen) atoms. The highest BCUT2D eigenvalue weighted by Crippen LogP contribution is 2.39. The van der Waals surface area contributed by atoms with Crippen LogP contribution in [0.5, 0.6) is 11.5 Å². The second-order valence-electron chi connectivity index (χ2n) is 3.21. The van der Waals surface area contributed by atoms with Gasteiger partial charge in [0.1, 0.15) is 11.5 Å². The largest absolute Gasteiger partial charge is 0.497 e. The van der Waals surface area contributed by atoms with E-state index in [1.807, 2.05) is 0 Å².